The molecule has 0 fully saturated rings. The first-order chi connectivity index (χ1) is 13.6. The molecule has 28 heavy (non-hydrogen) atoms. The number of nitrogens with one attached hydrogen (secondary N) is 1. The maximum Gasteiger partial charge on any atom is 0.257 e. The van der Waals surface area contributed by atoms with Gasteiger partial charge in [-0.25, -0.2) is 0 Å². The van der Waals surface area contributed by atoms with Gasteiger partial charge in [0, 0.05) is 19.6 Å². The number of likely N-dealkylation sites (N-methyl/N-ethyl adjacent to an activating group) is 2. The molecule has 152 valence electrons. The van der Waals surface area contributed by atoms with E-state index in [2.05, 4.69) is 10.2 Å². The second-order valence-corrected chi connectivity index (χ2v) is 6.68. The molecule has 0 saturated heterocycles. The predicted molar refractivity (Wildman–Crippen MR) is 110 cm³/mol. The summed E-state index contributed by atoms with van der Waals surface area (Å²) in [5, 5.41) is 12.8. The zero-order valence-electron chi connectivity index (χ0n) is 16.6. The predicted octanol–water partition coefficient (Wildman–Crippen LogP) is 2.12. The van der Waals surface area contributed by atoms with Gasteiger partial charge < -0.3 is 24.8 Å². The van der Waals surface area contributed by atoms with Gasteiger partial charge in [-0.1, -0.05) is 30.3 Å². The van der Waals surface area contributed by atoms with Gasteiger partial charge in [0.25, 0.3) is 5.91 Å². The number of ether oxygens (including phenoxy) is 2. The fraction of sp³-hybridized carbons (Fsp3) is 0.409. The number of nitrogens with zero attached hydrogens (tertiary/aromatic N) is 1. The minimum absolute atomic E-state index is 0.0267. The molecule has 0 saturated carbocycles. The van der Waals surface area contributed by atoms with E-state index in [9.17, 15) is 9.90 Å². The highest BCUT2D eigenvalue weighted by molar-refractivity contribution is 5.77. The molecule has 0 bridgehead atoms. The van der Waals surface area contributed by atoms with Gasteiger partial charge in [0.15, 0.2) is 6.61 Å². The summed E-state index contributed by atoms with van der Waals surface area (Å²) in [4.78, 5) is 13.5. The lowest BCUT2D eigenvalue weighted by atomic mass is 10.1. The van der Waals surface area contributed by atoms with Gasteiger partial charge >= 0.3 is 0 Å². The summed E-state index contributed by atoms with van der Waals surface area (Å²) in [7, 11) is 1.98. The summed E-state index contributed by atoms with van der Waals surface area (Å²) in [6, 6.07) is 17.2. The molecule has 0 aromatic heterocycles. The Morgan fingerprint density at radius 3 is 2.43 bits per heavy atom. The molecule has 2 aromatic carbocycles. The largest absolute Gasteiger partial charge is 0.491 e. The van der Waals surface area contributed by atoms with Crippen LogP contribution in [0.1, 0.15) is 12.5 Å². The summed E-state index contributed by atoms with van der Waals surface area (Å²) in [5.74, 6) is 1.32. The van der Waals surface area contributed by atoms with Crippen LogP contribution in [0.5, 0.6) is 11.5 Å². The van der Waals surface area contributed by atoms with Gasteiger partial charge in [-0.3, -0.25) is 4.79 Å². The number of amides is 1. The van der Waals surface area contributed by atoms with Crippen LogP contribution in [-0.4, -0.2) is 61.9 Å². The molecule has 2 aromatic rings. The molecular formula is C22H30N2O4. The van der Waals surface area contributed by atoms with Crippen molar-refractivity contribution in [3.05, 3.63) is 60.2 Å². The Balaban J connectivity index is 1.66. The smallest absolute Gasteiger partial charge is 0.257 e. The second-order valence-electron chi connectivity index (χ2n) is 6.68. The number of carbonyl (C=O) groups excluding carboxylic acids is 1. The van der Waals surface area contributed by atoms with Crippen LogP contribution in [0.3, 0.4) is 0 Å². The SMILES string of the molecule is CCNC(=O)COc1ccc(CCN(C)CC(O)COc2ccccc2)cc1. The quantitative estimate of drug-likeness (QED) is 0.585. The summed E-state index contributed by atoms with van der Waals surface area (Å²) >= 11 is 0. The van der Waals surface area contributed by atoms with E-state index in [1.54, 1.807) is 0 Å². The van der Waals surface area contributed by atoms with Gasteiger partial charge in [0.2, 0.25) is 0 Å². The molecule has 0 aliphatic rings. The summed E-state index contributed by atoms with van der Waals surface area (Å²) in [6.45, 7) is 4.13. The Bertz CT molecular complexity index is 691. The molecule has 6 heteroatoms. The Morgan fingerprint density at radius 1 is 1.07 bits per heavy atom. The third-order valence-electron chi connectivity index (χ3n) is 4.16. The fourth-order valence-corrected chi connectivity index (χ4v) is 2.68. The zero-order valence-corrected chi connectivity index (χ0v) is 16.6. The number of aliphatic hydroxyl groups is 1. The molecule has 0 aliphatic carbocycles. The molecule has 1 amide bonds. The van der Waals surface area contributed by atoms with E-state index in [0.29, 0.717) is 18.8 Å². The van der Waals surface area contributed by atoms with E-state index >= 15 is 0 Å². The Kier molecular flexibility index (Phi) is 9.31. The molecule has 0 spiro atoms. The summed E-state index contributed by atoms with van der Waals surface area (Å²) in [5.41, 5.74) is 1.17. The van der Waals surface area contributed by atoms with Crippen LogP contribution >= 0.6 is 0 Å². The van der Waals surface area contributed by atoms with Crippen molar-refractivity contribution in [2.75, 3.05) is 39.9 Å². The molecule has 6 nitrogen and oxygen atoms in total. The average Bonchev–Trinajstić information content (AvgIpc) is 2.71. The Hall–Kier alpha value is -2.57. The van der Waals surface area contributed by atoms with Gasteiger partial charge in [0.05, 0.1) is 0 Å². The van der Waals surface area contributed by atoms with Crippen LogP contribution < -0.4 is 14.8 Å². The number of benzene rings is 2. The monoisotopic (exact) mass is 386 g/mol. The van der Waals surface area contributed by atoms with Crippen molar-refractivity contribution in [3.8, 4) is 11.5 Å². The molecule has 0 radical (unpaired) electrons. The molecule has 0 aliphatic heterocycles. The van der Waals surface area contributed by atoms with Crippen molar-refractivity contribution < 1.29 is 19.4 Å². The molecule has 2 N–H and O–H groups in total. The number of para-hydroxylation sites is 1. The lowest BCUT2D eigenvalue weighted by Gasteiger charge is -2.21. The van der Waals surface area contributed by atoms with Gasteiger partial charge in [-0.05, 0) is 50.2 Å². The van der Waals surface area contributed by atoms with Crippen molar-refractivity contribution in [1.29, 1.82) is 0 Å². The fourth-order valence-electron chi connectivity index (χ4n) is 2.68. The minimum Gasteiger partial charge on any atom is -0.491 e. The van der Waals surface area contributed by atoms with Crippen molar-refractivity contribution in [1.82, 2.24) is 10.2 Å². The molecule has 0 heterocycles. The van der Waals surface area contributed by atoms with Gasteiger partial charge in [0.1, 0.15) is 24.2 Å². The van der Waals surface area contributed by atoms with Crippen LogP contribution in [0, 0.1) is 0 Å². The number of carbonyl (C=O) groups is 1. The standard InChI is InChI=1S/C22H30N2O4/c1-3-23-22(26)17-28-21-11-9-18(10-12-21)13-14-24(2)15-19(25)16-27-20-7-5-4-6-8-20/h4-12,19,25H,3,13-17H2,1-2H3,(H,23,26). The zero-order chi connectivity index (χ0) is 20.2. The maximum absolute atomic E-state index is 11.4. The highest BCUT2D eigenvalue weighted by Crippen LogP contribution is 2.13. The number of hydrogen-bond donors (Lipinski definition) is 2. The first kappa shape index (κ1) is 21.7. The molecule has 2 rings (SSSR count). The lowest BCUT2D eigenvalue weighted by Crippen LogP contribution is -2.34. The van der Waals surface area contributed by atoms with Crippen molar-refractivity contribution in [3.63, 3.8) is 0 Å². The van der Waals surface area contributed by atoms with E-state index < -0.39 is 6.10 Å². The minimum atomic E-state index is -0.546. The van der Waals surface area contributed by atoms with Crippen molar-refractivity contribution in [2.24, 2.45) is 0 Å². The third-order valence-corrected chi connectivity index (χ3v) is 4.16. The number of hydrogen-bond acceptors (Lipinski definition) is 5. The first-order valence-electron chi connectivity index (χ1n) is 9.59. The third kappa shape index (κ3) is 8.41. The van der Waals surface area contributed by atoms with Crippen LogP contribution in [0.4, 0.5) is 0 Å². The van der Waals surface area contributed by atoms with Gasteiger partial charge in [-0.2, -0.15) is 0 Å². The average molecular weight is 386 g/mol. The number of aliphatic hydroxyl groups excluding tert-OH is 1. The van der Waals surface area contributed by atoms with Gasteiger partial charge in [-0.15, -0.1) is 0 Å². The normalized spacial score (nSPS) is 11.9. The molecule has 1 unspecified atom stereocenters. The maximum atomic E-state index is 11.4. The highest BCUT2D eigenvalue weighted by atomic mass is 16.5. The summed E-state index contributed by atoms with van der Waals surface area (Å²) in [6.07, 6.45) is 0.314. The number of rotatable bonds is 12. The topological polar surface area (TPSA) is 71.0 Å². The van der Waals surface area contributed by atoms with Crippen molar-refractivity contribution in [2.45, 2.75) is 19.4 Å². The second kappa shape index (κ2) is 12.0. The van der Waals surface area contributed by atoms with Crippen LogP contribution in [0.15, 0.2) is 54.6 Å². The lowest BCUT2D eigenvalue weighted by molar-refractivity contribution is -0.122. The molecule has 1 atom stereocenters. The van der Waals surface area contributed by atoms with Crippen LogP contribution in [0.25, 0.3) is 0 Å². The van der Waals surface area contributed by atoms with Crippen LogP contribution in [0.2, 0.25) is 0 Å². The van der Waals surface area contributed by atoms with E-state index in [0.717, 1.165) is 18.7 Å². The first-order valence-corrected chi connectivity index (χ1v) is 9.59. The molecular weight excluding hydrogens is 356 g/mol. The van der Waals surface area contributed by atoms with E-state index in [1.165, 1.54) is 5.56 Å². The van der Waals surface area contributed by atoms with E-state index in [-0.39, 0.29) is 19.1 Å². The van der Waals surface area contributed by atoms with Crippen molar-refractivity contribution >= 4 is 5.91 Å². The highest BCUT2D eigenvalue weighted by Gasteiger charge is 2.09. The Labute approximate surface area is 167 Å². The Morgan fingerprint density at radius 2 is 1.75 bits per heavy atom. The van der Waals surface area contributed by atoms with E-state index in [4.69, 9.17) is 9.47 Å². The van der Waals surface area contributed by atoms with E-state index in [1.807, 2.05) is 68.6 Å². The van der Waals surface area contributed by atoms with Crippen LogP contribution in [-0.2, 0) is 11.2 Å². The summed E-state index contributed by atoms with van der Waals surface area (Å²) < 4.78 is 11.0.